The van der Waals surface area contributed by atoms with Gasteiger partial charge in [0.25, 0.3) is 0 Å². The summed E-state index contributed by atoms with van der Waals surface area (Å²) in [5.74, 6) is 1.00. The van der Waals surface area contributed by atoms with Crippen molar-refractivity contribution < 1.29 is 22.7 Å². The summed E-state index contributed by atoms with van der Waals surface area (Å²) in [4.78, 5) is 16.1. The van der Waals surface area contributed by atoms with Gasteiger partial charge in [-0.05, 0) is 55.2 Å². The normalized spacial score (nSPS) is 22.9. The van der Waals surface area contributed by atoms with E-state index in [1.165, 1.54) is 18.9 Å². The molecule has 1 spiro atoms. The van der Waals surface area contributed by atoms with Crippen molar-refractivity contribution >= 4 is 11.6 Å². The highest BCUT2D eigenvalue weighted by Crippen LogP contribution is 2.47. The van der Waals surface area contributed by atoms with Gasteiger partial charge in [-0.2, -0.15) is 18.4 Å². The van der Waals surface area contributed by atoms with Gasteiger partial charge in [0.15, 0.2) is 0 Å². The Morgan fingerprint density at radius 3 is 2.56 bits per heavy atom. The number of anilines is 1. The molecular weight excluding hydrogens is 419 g/mol. The van der Waals surface area contributed by atoms with E-state index in [2.05, 4.69) is 0 Å². The molecule has 2 saturated heterocycles. The molecule has 3 fully saturated rings. The lowest BCUT2D eigenvalue weighted by molar-refractivity contribution is -0.137. The van der Waals surface area contributed by atoms with Crippen molar-refractivity contribution in [2.75, 3.05) is 44.3 Å². The minimum atomic E-state index is -4.57. The van der Waals surface area contributed by atoms with Crippen molar-refractivity contribution in [3.05, 3.63) is 29.3 Å². The summed E-state index contributed by atoms with van der Waals surface area (Å²) in [5, 5.41) is 9.10. The number of carbonyl (C=O) groups excluding carboxylic acids is 1. The fourth-order valence-electron chi connectivity index (χ4n) is 5.17. The summed E-state index contributed by atoms with van der Waals surface area (Å²) >= 11 is 0. The lowest BCUT2D eigenvalue weighted by Crippen LogP contribution is -2.47. The van der Waals surface area contributed by atoms with E-state index in [-0.39, 0.29) is 22.8 Å². The quantitative estimate of drug-likeness (QED) is 0.644. The molecule has 1 saturated carbocycles. The van der Waals surface area contributed by atoms with Crippen LogP contribution < -0.4 is 4.90 Å². The van der Waals surface area contributed by atoms with Crippen molar-refractivity contribution in [2.24, 2.45) is 17.3 Å². The second-order valence-electron chi connectivity index (χ2n) is 9.49. The number of nitriles is 1. The fraction of sp³-hybridized carbons (Fsp3) is 0.667. The molecule has 0 aromatic heterocycles. The van der Waals surface area contributed by atoms with Crippen LogP contribution in [0.2, 0.25) is 0 Å². The Hall–Kier alpha value is -2.27. The molecule has 2 heterocycles. The molecule has 5 nitrogen and oxygen atoms in total. The minimum absolute atomic E-state index is 0.0830. The van der Waals surface area contributed by atoms with Crippen LogP contribution in [0.4, 0.5) is 18.9 Å². The number of halogens is 3. The molecule has 3 aliphatic rings. The van der Waals surface area contributed by atoms with Crippen molar-refractivity contribution in [3.8, 4) is 6.07 Å². The second-order valence-corrected chi connectivity index (χ2v) is 9.49. The molecule has 0 N–H and O–H groups in total. The van der Waals surface area contributed by atoms with E-state index in [4.69, 9.17) is 10.00 Å². The fourth-order valence-corrected chi connectivity index (χ4v) is 5.17. The van der Waals surface area contributed by atoms with Crippen LogP contribution >= 0.6 is 0 Å². The van der Waals surface area contributed by atoms with Gasteiger partial charge < -0.3 is 14.5 Å². The predicted octanol–water partition coefficient (Wildman–Crippen LogP) is 4.46. The van der Waals surface area contributed by atoms with Crippen LogP contribution in [0.1, 0.15) is 50.2 Å². The van der Waals surface area contributed by atoms with Gasteiger partial charge in [-0.3, -0.25) is 4.79 Å². The predicted molar refractivity (Wildman–Crippen MR) is 114 cm³/mol. The number of piperidine rings is 1. The van der Waals surface area contributed by atoms with Crippen LogP contribution in [-0.4, -0.2) is 50.2 Å². The Labute approximate surface area is 187 Å². The molecule has 8 heteroatoms. The zero-order valence-corrected chi connectivity index (χ0v) is 18.5. The van der Waals surface area contributed by atoms with Gasteiger partial charge in [0, 0.05) is 50.8 Å². The van der Waals surface area contributed by atoms with Gasteiger partial charge in [-0.25, -0.2) is 0 Å². The number of likely N-dealkylation sites (tertiary alicyclic amines) is 1. The highest BCUT2D eigenvalue weighted by Gasteiger charge is 2.49. The van der Waals surface area contributed by atoms with Crippen LogP contribution in [0.15, 0.2) is 18.2 Å². The third kappa shape index (κ3) is 4.73. The molecule has 1 aliphatic carbocycles. The summed E-state index contributed by atoms with van der Waals surface area (Å²) < 4.78 is 46.5. The lowest BCUT2D eigenvalue weighted by atomic mass is 9.71. The van der Waals surface area contributed by atoms with E-state index in [1.54, 1.807) is 12.1 Å². The van der Waals surface area contributed by atoms with Gasteiger partial charge in [0.05, 0.1) is 23.8 Å². The first-order valence-corrected chi connectivity index (χ1v) is 11.5. The Bertz CT molecular complexity index is 883. The van der Waals surface area contributed by atoms with Gasteiger partial charge in [-0.15, -0.1) is 0 Å². The summed E-state index contributed by atoms with van der Waals surface area (Å²) in [6, 6.07) is 5.65. The first kappa shape index (κ1) is 22.9. The zero-order chi connectivity index (χ0) is 22.9. The monoisotopic (exact) mass is 449 g/mol. The largest absolute Gasteiger partial charge is 0.417 e. The SMILES string of the molecule is CCC(=O)N1CCC2(CC1)CN(c1ccc(C#N)c(C(F)(F)F)c1)CC2COCC1CC1. The molecule has 0 bridgehead atoms. The molecular formula is C24H30F3N3O2. The Morgan fingerprint density at radius 2 is 1.97 bits per heavy atom. The molecule has 32 heavy (non-hydrogen) atoms. The number of amides is 1. The number of rotatable bonds is 6. The molecule has 1 aromatic rings. The number of hydrogen-bond acceptors (Lipinski definition) is 4. The van der Waals surface area contributed by atoms with E-state index >= 15 is 0 Å². The molecule has 1 unspecified atom stereocenters. The highest BCUT2D eigenvalue weighted by atomic mass is 19.4. The average Bonchev–Trinajstić information content (AvgIpc) is 3.54. The first-order chi connectivity index (χ1) is 15.3. The summed E-state index contributed by atoms with van der Waals surface area (Å²) in [6.07, 6.45) is -0.0111. The van der Waals surface area contributed by atoms with E-state index in [1.807, 2.05) is 16.7 Å². The molecule has 2 aliphatic heterocycles. The number of ether oxygens (including phenoxy) is 1. The third-order valence-corrected chi connectivity index (χ3v) is 7.39. The van der Waals surface area contributed by atoms with Crippen LogP contribution in [0.3, 0.4) is 0 Å². The third-order valence-electron chi connectivity index (χ3n) is 7.39. The molecule has 174 valence electrons. The van der Waals surface area contributed by atoms with Gasteiger partial charge in [0.2, 0.25) is 5.91 Å². The van der Waals surface area contributed by atoms with E-state index in [0.29, 0.717) is 50.8 Å². The van der Waals surface area contributed by atoms with Crippen LogP contribution in [0.25, 0.3) is 0 Å². The standard InChI is InChI=1S/C24H30F3N3O2/c1-2-22(31)29-9-7-23(8-10-29)16-30(13-19(23)15-32-14-17-3-4-17)20-6-5-18(12-28)21(11-20)24(25,26)27/h5-6,11,17,19H,2-4,7-10,13-16H2,1H3. The zero-order valence-electron chi connectivity index (χ0n) is 18.5. The number of nitrogens with zero attached hydrogens (tertiary/aromatic N) is 3. The van der Waals surface area contributed by atoms with Crippen LogP contribution in [-0.2, 0) is 15.7 Å². The molecule has 1 atom stereocenters. The van der Waals surface area contributed by atoms with Crippen LogP contribution in [0.5, 0.6) is 0 Å². The van der Waals surface area contributed by atoms with Crippen molar-refractivity contribution in [1.82, 2.24) is 4.90 Å². The summed E-state index contributed by atoms with van der Waals surface area (Å²) in [7, 11) is 0. The maximum Gasteiger partial charge on any atom is 0.417 e. The minimum Gasteiger partial charge on any atom is -0.381 e. The molecule has 1 aromatic carbocycles. The number of benzene rings is 1. The summed E-state index contributed by atoms with van der Waals surface area (Å²) in [6.45, 7) is 5.83. The van der Waals surface area contributed by atoms with E-state index < -0.39 is 11.7 Å². The molecule has 0 radical (unpaired) electrons. The number of hydrogen-bond donors (Lipinski definition) is 0. The topological polar surface area (TPSA) is 56.6 Å². The number of alkyl halides is 3. The molecule has 1 amide bonds. The Balaban J connectivity index is 1.54. The molecule has 4 rings (SSSR count). The Morgan fingerprint density at radius 1 is 1.25 bits per heavy atom. The Kier molecular flexibility index (Phi) is 6.39. The maximum atomic E-state index is 13.5. The second kappa shape index (κ2) is 8.93. The van der Waals surface area contributed by atoms with Crippen molar-refractivity contribution in [3.63, 3.8) is 0 Å². The van der Waals surface area contributed by atoms with E-state index in [9.17, 15) is 18.0 Å². The van der Waals surface area contributed by atoms with Gasteiger partial charge in [-0.1, -0.05) is 6.92 Å². The van der Waals surface area contributed by atoms with E-state index in [0.717, 1.165) is 25.5 Å². The van der Waals surface area contributed by atoms with Crippen molar-refractivity contribution in [2.45, 2.75) is 45.2 Å². The highest BCUT2D eigenvalue weighted by molar-refractivity contribution is 5.75. The number of carbonyl (C=O) groups is 1. The van der Waals surface area contributed by atoms with Gasteiger partial charge in [0.1, 0.15) is 0 Å². The summed E-state index contributed by atoms with van der Waals surface area (Å²) in [5.41, 5.74) is -0.831. The maximum absolute atomic E-state index is 13.5. The van der Waals surface area contributed by atoms with Gasteiger partial charge >= 0.3 is 6.18 Å². The smallest absolute Gasteiger partial charge is 0.381 e. The first-order valence-electron chi connectivity index (χ1n) is 11.5. The average molecular weight is 450 g/mol. The van der Waals surface area contributed by atoms with Crippen molar-refractivity contribution in [1.29, 1.82) is 5.26 Å². The van der Waals surface area contributed by atoms with Crippen LogP contribution in [0, 0.1) is 28.6 Å². The lowest BCUT2D eigenvalue weighted by Gasteiger charge is -2.42.